The number of nitrogens with one attached hydrogen (secondary N) is 2. The summed E-state index contributed by atoms with van der Waals surface area (Å²) in [5, 5.41) is 4.82. The van der Waals surface area contributed by atoms with Crippen molar-refractivity contribution in [2.24, 2.45) is 0 Å². The van der Waals surface area contributed by atoms with E-state index in [-0.39, 0.29) is 29.0 Å². The molecule has 164 valence electrons. The third-order valence-electron chi connectivity index (χ3n) is 4.97. The second-order valence-electron chi connectivity index (χ2n) is 7.19. The predicted octanol–water partition coefficient (Wildman–Crippen LogP) is 3.90. The fourth-order valence-corrected chi connectivity index (χ4v) is 4.97. The van der Waals surface area contributed by atoms with Crippen LogP contribution < -0.4 is 10.0 Å². The number of hydrogen-bond acceptors (Lipinski definition) is 5. The number of carbonyl (C=O) groups excluding carboxylic acids is 1. The van der Waals surface area contributed by atoms with E-state index in [0.29, 0.717) is 0 Å². The van der Waals surface area contributed by atoms with Crippen LogP contribution in [0.3, 0.4) is 0 Å². The van der Waals surface area contributed by atoms with E-state index in [0.717, 1.165) is 16.1 Å². The Morgan fingerprint density at radius 2 is 1.94 bits per heavy atom. The van der Waals surface area contributed by atoms with Crippen molar-refractivity contribution in [1.29, 1.82) is 0 Å². The summed E-state index contributed by atoms with van der Waals surface area (Å²) in [6.45, 7) is 2.09. The lowest BCUT2D eigenvalue weighted by molar-refractivity contribution is 0.0939. The van der Waals surface area contributed by atoms with E-state index in [9.17, 15) is 13.2 Å². The Kier molecular flexibility index (Phi) is 6.50. The van der Waals surface area contributed by atoms with Crippen molar-refractivity contribution in [3.63, 3.8) is 0 Å². The predicted molar refractivity (Wildman–Crippen MR) is 124 cm³/mol. The molecule has 0 aliphatic rings. The van der Waals surface area contributed by atoms with Gasteiger partial charge in [-0.05, 0) is 54.3 Å². The molecule has 2 heterocycles. The van der Waals surface area contributed by atoms with Gasteiger partial charge in [0.25, 0.3) is 5.91 Å². The molecule has 0 unspecified atom stereocenters. The summed E-state index contributed by atoms with van der Waals surface area (Å²) in [5.74, 6) is -0.341. The molecule has 0 radical (unpaired) electrons. The molecule has 0 spiro atoms. The molecule has 4 rings (SSSR count). The van der Waals surface area contributed by atoms with Crippen molar-refractivity contribution in [3.8, 4) is 5.69 Å². The van der Waals surface area contributed by atoms with Crippen molar-refractivity contribution < 1.29 is 13.2 Å². The summed E-state index contributed by atoms with van der Waals surface area (Å²) < 4.78 is 29.7. The molecule has 1 atom stereocenters. The standard InChI is InChI=1S/C23H22N4O3S2/c1-17(18-7-9-20(10-8-18)27-12-11-24-16-27)26-23(28)19-4-2-6-22(14-19)32(29,30)25-15-21-5-3-13-31-21/h2-14,16-17,25H,15H2,1H3,(H,26,28)/t17-/m0/s1. The fourth-order valence-electron chi connectivity index (χ4n) is 3.18. The Balaban J connectivity index is 1.43. The lowest BCUT2D eigenvalue weighted by Crippen LogP contribution is -2.27. The molecular formula is C23H22N4O3S2. The quantitative estimate of drug-likeness (QED) is 0.412. The highest BCUT2D eigenvalue weighted by molar-refractivity contribution is 7.89. The number of nitrogens with zero attached hydrogens (tertiary/aromatic N) is 2. The van der Waals surface area contributed by atoms with Crippen LogP contribution in [0, 0.1) is 0 Å². The number of amides is 1. The molecule has 2 aromatic heterocycles. The number of aromatic nitrogens is 2. The maximum absolute atomic E-state index is 12.8. The van der Waals surface area contributed by atoms with Crippen LogP contribution in [0.2, 0.25) is 0 Å². The van der Waals surface area contributed by atoms with Crippen molar-refractivity contribution in [3.05, 3.63) is 101 Å². The number of carbonyl (C=O) groups is 1. The second kappa shape index (κ2) is 9.47. The van der Waals surface area contributed by atoms with Gasteiger partial charge in [-0.1, -0.05) is 24.3 Å². The number of sulfonamides is 1. The lowest BCUT2D eigenvalue weighted by Gasteiger charge is -2.15. The molecule has 2 aromatic carbocycles. The number of rotatable bonds is 8. The maximum Gasteiger partial charge on any atom is 0.251 e. The average Bonchev–Trinajstić information content (AvgIpc) is 3.52. The van der Waals surface area contributed by atoms with Crippen LogP contribution in [-0.2, 0) is 16.6 Å². The van der Waals surface area contributed by atoms with Crippen LogP contribution >= 0.6 is 11.3 Å². The molecule has 0 bridgehead atoms. The van der Waals surface area contributed by atoms with Crippen molar-refractivity contribution in [1.82, 2.24) is 19.6 Å². The first kappa shape index (κ1) is 21.9. The minimum atomic E-state index is -3.73. The minimum absolute atomic E-state index is 0.0547. The first-order valence-electron chi connectivity index (χ1n) is 9.94. The molecule has 1 amide bonds. The highest BCUT2D eigenvalue weighted by Gasteiger charge is 2.17. The van der Waals surface area contributed by atoms with Gasteiger partial charge in [-0.15, -0.1) is 11.3 Å². The Labute approximate surface area is 190 Å². The Bertz CT molecular complexity index is 1280. The van der Waals surface area contributed by atoms with Gasteiger partial charge in [0.05, 0.1) is 17.3 Å². The molecule has 32 heavy (non-hydrogen) atoms. The molecule has 4 aromatic rings. The van der Waals surface area contributed by atoms with Gasteiger partial charge in [-0.2, -0.15) is 0 Å². The van der Waals surface area contributed by atoms with Gasteiger partial charge in [-0.25, -0.2) is 18.1 Å². The largest absolute Gasteiger partial charge is 0.346 e. The Morgan fingerprint density at radius 1 is 1.12 bits per heavy atom. The fraction of sp³-hybridized carbons (Fsp3) is 0.130. The van der Waals surface area contributed by atoms with Gasteiger partial charge in [0, 0.05) is 35.1 Å². The zero-order chi connectivity index (χ0) is 22.6. The van der Waals surface area contributed by atoms with Gasteiger partial charge in [-0.3, -0.25) is 4.79 Å². The molecule has 0 fully saturated rings. The monoisotopic (exact) mass is 466 g/mol. The normalized spacial score (nSPS) is 12.4. The summed E-state index contributed by atoms with van der Waals surface area (Å²) in [5.41, 5.74) is 2.19. The van der Waals surface area contributed by atoms with E-state index in [1.54, 1.807) is 24.7 Å². The number of hydrogen-bond donors (Lipinski definition) is 2. The molecule has 7 nitrogen and oxygen atoms in total. The average molecular weight is 467 g/mol. The number of imidazole rings is 1. The Hall–Kier alpha value is -3.27. The van der Waals surface area contributed by atoms with Gasteiger partial charge in [0.15, 0.2) is 0 Å². The van der Waals surface area contributed by atoms with E-state index >= 15 is 0 Å². The maximum atomic E-state index is 12.8. The van der Waals surface area contributed by atoms with Crippen molar-refractivity contribution >= 4 is 27.3 Å². The van der Waals surface area contributed by atoms with Gasteiger partial charge in [0.1, 0.15) is 0 Å². The molecule has 0 saturated carbocycles. The van der Waals surface area contributed by atoms with E-state index in [2.05, 4.69) is 15.0 Å². The zero-order valence-corrected chi connectivity index (χ0v) is 18.9. The zero-order valence-electron chi connectivity index (χ0n) is 17.3. The number of thiophene rings is 1. The van der Waals surface area contributed by atoms with Crippen LogP contribution in [0.15, 0.2) is 89.7 Å². The van der Waals surface area contributed by atoms with E-state index < -0.39 is 10.0 Å². The summed E-state index contributed by atoms with van der Waals surface area (Å²) in [7, 11) is -3.73. The summed E-state index contributed by atoms with van der Waals surface area (Å²) >= 11 is 1.48. The molecule has 9 heteroatoms. The highest BCUT2D eigenvalue weighted by atomic mass is 32.2. The van der Waals surface area contributed by atoms with Crippen LogP contribution in [0.25, 0.3) is 5.69 Å². The van der Waals surface area contributed by atoms with Crippen LogP contribution in [0.5, 0.6) is 0 Å². The first-order valence-corrected chi connectivity index (χ1v) is 12.3. The smallest absolute Gasteiger partial charge is 0.251 e. The van der Waals surface area contributed by atoms with Crippen molar-refractivity contribution in [2.75, 3.05) is 0 Å². The summed E-state index contributed by atoms with van der Waals surface area (Å²) in [6, 6.07) is 17.3. The van der Waals surface area contributed by atoms with E-state index in [1.165, 1.54) is 23.5 Å². The topological polar surface area (TPSA) is 93.1 Å². The summed E-state index contributed by atoms with van der Waals surface area (Å²) in [6.07, 6.45) is 5.29. The van der Waals surface area contributed by atoms with Crippen LogP contribution in [-0.4, -0.2) is 23.9 Å². The molecule has 0 aliphatic carbocycles. The number of benzene rings is 2. The van der Waals surface area contributed by atoms with Crippen molar-refractivity contribution in [2.45, 2.75) is 24.4 Å². The molecule has 0 saturated heterocycles. The molecule has 2 N–H and O–H groups in total. The SMILES string of the molecule is C[C@H](NC(=O)c1cccc(S(=O)(=O)NCc2cccs2)c1)c1ccc(-n2ccnc2)cc1. The van der Waals surface area contributed by atoms with E-state index in [1.807, 2.05) is 59.5 Å². The van der Waals surface area contributed by atoms with Crippen LogP contribution in [0.4, 0.5) is 0 Å². The first-order chi connectivity index (χ1) is 15.4. The third-order valence-corrected chi connectivity index (χ3v) is 7.24. The van der Waals surface area contributed by atoms with Gasteiger partial charge in [0.2, 0.25) is 10.0 Å². The van der Waals surface area contributed by atoms with Gasteiger partial charge >= 0.3 is 0 Å². The second-order valence-corrected chi connectivity index (χ2v) is 9.99. The van der Waals surface area contributed by atoms with Gasteiger partial charge < -0.3 is 9.88 Å². The Morgan fingerprint density at radius 3 is 2.62 bits per heavy atom. The third kappa shape index (κ3) is 5.13. The highest BCUT2D eigenvalue weighted by Crippen LogP contribution is 2.18. The molecular weight excluding hydrogens is 444 g/mol. The lowest BCUT2D eigenvalue weighted by atomic mass is 10.1. The summed E-state index contributed by atoms with van der Waals surface area (Å²) in [4.78, 5) is 17.8. The van der Waals surface area contributed by atoms with E-state index in [4.69, 9.17) is 0 Å². The molecule has 0 aliphatic heterocycles. The van der Waals surface area contributed by atoms with Crippen LogP contribution in [0.1, 0.15) is 33.8 Å². The minimum Gasteiger partial charge on any atom is -0.346 e.